The minimum atomic E-state index is -0.461. The summed E-state index contributed by atoms with van der Waals surface area (Å²) in [6.45, 7) is 1.83. The van der Waals surface area contributed by atoms with Crippen molar-refractivity contribution in [3.05, 3.63) is 77.0 Å². The molecule has 0 unspecified atom stereocenters. The monoisotopic (exact) mass is 409 g/mol. The molecule has 6 nitrogen and oxygen atoms in total. The van der Waals surface area contributed by atoms with Gasteiger partial charge in [-0.25, -0.2) is 4.79 Å². The molecule has 0 aromatic heterocycles. The Morgan fingerprint density at radius 1 is 1.17 bits per heavy atom. The van der Waals surface area contributed by atoms with E-state index < -0.39 is 12.0 Å². The van der Waals surface area contributed by atoms with Gasteiger partial charge in [-0.3, -0.25) is 4.79 Å². The normalized spacial score (nSPS) is 16.3. The molecule has 0 radical (unpaired) electrons. The lowest BCUT2D eigenvalue weighted by molar-refractivity contribution is -0.136. The molecule has 29 heavy (non-hydrogen) atoms. The Labute approximate surface area is 175 Å². The van der Waals surface area contributed by atoms with Crippen LogP contribution in [0, 0.1) is 0 Å². The summed E-state index contributed by atoms with van der Waals surface area (Å²) in [7, 11) is 3.15. The zero-order valence-corrected chi connectivity index (χ0v) is 17.4. The van der Waals surface area contributed by atoms with Gasteiger partial charge in [0.25, 0.3) is 0 Å². The molecule has 0 saturated heterocycles. The summed E-state index contributed by atoms with van der Waals surface area (Å²) >= 11 is 5.39. The van der Waals surface area contributed by atoms with Gasteiger partial charge in [0.2, 0.25) is 5.91 Å². The minimum absolute atomic E-state index is 0.111. The maximum atomic E-state index is 12.4. The molecule has 1 amide bonds. The van der Waals surface area contributed by atoms with Crippen LogP contribution in [0.15, 0.2) is 65.9 Å². The van der Waals surface area contributed by atoms with Crippen LogP contribution in [0.25, 0.3) is 0 Å². The third kappa shape index (κ3) is 4.63. The number of carbonyl (C=O) groups excluding carboxylic acids is 2. The van der Waals surface area contributed by atoms with Crippen LogP contribution in [-0.2, 0) is 20.7 Å². The van der Waals surface area contributed by atoms with Crippen LogP contribution in [0.5, 0.6) is 0 Å². The Balaban J connectivity index is 1.85. The van der Waals surface area contributed by atoms with Crippen LogP contribution in [-0.4, -0.2) is 36.0 Å². The fourth-order valence-electron chi connectivity index (χ4n) is 3.24. The first kappa shape index (κ1) is 20.5. The Kier molecular flexibility index (Phi) is 6.29. The fraction of sp³-hybridized carbons (Fsp3) is 0.227. The number of amides is 1. The van der Waals surface area contributed by atoms with Gasteiger partial charge in [0.1, 0.15) is 0 Å². The SMILES string of the molecule is COC(=O)C1=C(C)N(C)C(=S)N[C@H]1c1cccc(NC(=O)Cc2ccccc2)c1. The van der Waals surface area contributed by atoms with Crippen molar-refractivity contribution in [2.45, 2.75) is 19.4 Å². The average molecular weight is 410 g/mol. The molecule has 1 atom stereocenters. The number of allylic oxidation sites excluding steroid dienone is 1. The van der Waals surface area contributed by atoms with Gasteiger partial charge in [-0.05, 0) is 42.4 Å². The molecule has 2 aromatic carbocycles. The highest BCUT2D eigenvalue weighted by Gasteiger charge is 2.33. The Morgan fingerprint density at radius 2 is 1.90 bits per heavy atom. The summed E-state index contributed by atoms with van der Waals surface area (Å²) in [5.74, 6) is -0.534. The zero-order chi connectivity index (χ0) is 21.0. The number of methoxy groups -OCH3 is 1. The number of ether oxygens (including phenoxy) is 1. The van der Waals surface area contributed by atoms with Gasteiger partial charge in [0, 0.05) is 18.4 Å². The van der Waals surface area contributed by atoms with Crippen LogP contribution in [0.4, 0.5) is 5.69 Å². The van der Waals surface area contributed by atoms with Gasteiger partial charge < -0.3 is 20.3 Å². The first-order valence-electron chi connectivity index (χ1n) is 9.17. The quantitative estimate of drug-likeness (QED) is 0.584. The van der Waals surface area contributed by atoms with Crippen molar-refractivity contribution in [3.8, 4) is 0 Å². The molecule has 3 rings (SSSR count). The molecule has 0 fully saturated rings. The Morgan fingerprint density at radius 3 is 2.59 bits per heavy atom. The van der Waals surface area contributed by atoms with E-state index in [0.29, 0.717) is 16.4 Å². The van der Waals surface area contributed by atoms with Crippen LogP contribution >= 0.6 is 12.2 Å². The summed E-state index contributed by atoms with van der Waals surface area (Å²) in [5, 5.41) is 6.61. The van der Waals surface area contributed by atoms with Crippen molar-refractivity contribution in [1.82, 2.24) is 10.2 Å². The van der Waals surface area contributed by atoms with E-state index in [1.807, 2.05) is 61.5 Å². The van der Waals surface area contributed by atoms with E-state index in [1.165, 1.54) is 7.11 Å². The average Bonchev–Trinajstić information content (AvgIpc) is 2.72. The van der Waals surface area contributed by atoms with Gasteiger partial charge in [-0.1, -0.05) is 42.5 Å². The fourth-order valence-corrected chi connectivity index (χ4v) is 3.50. The number of nitrogens with one attached hydrogen (secondary N) is 2. The van der Waals surface area contributed by atoms with Crippen LogP contribution in [0.3, 0.4) is 0 Å². The molecule has 0 bridgehead atoms. The number of carbonyl (C=O) groups is 2. The molecule has 7 heteroatoms. The predicted molar refractivity (Wildman–Crippen MR) is 116 cm³/mol. The van der Waals surface area contributed by atoms with Gasteiger partial charge in [-0.2, -0.15) is 0 Å². The zero-order valence-electron chi connectivity index (χ0n) is 16.6. The lowest BCUT2D eigenvalue weighted by Gasteiger charge is -2.35. The summed E-state index contributed by atoms with van der Waals surface area (Å²) in [6.07, 6.45) is 0.286. The molecule has 0 aliphatic carbocycles. The minimum Gasteiger partial charge on any atom is -0.466 e. The van der Waals surface area contributed by atoms with Gasteiger partial charge in [0.05, 0.1) is 25.1 Å². The molecular formula is C22H23N3O3S. The van der Waals surface area contributed by atoms with Crippen LogP contribution < -0.4 is 10.6 Å². The first-order valence-corrected chi connectivity index (χ1v) is 9.58. The first-order chi connectivity index (χ1) is 13.9. The topological polar surface area (TPSA) is 70.7 Å². The molecule has 2 aromatic rings. The molecule has 1 heterocycles. The molecule has 2 N–H and O–H groups in total. The number of anilines is 1. The van der Waals surface area contributed by atoms with Gasteiger partial charge >= 0.3 is 5.97 Å². The van der Waals surface area contributed by atoms with E-state index in [0.717, 1.165) is 16.8 Å². The second kappa shape index (κ2) is 8.87. The summed E-state index contributed by atoms with van der Waals surface area (Å²) < 4.78 is 4.98. The van der Waals surface area contributed by atoms with Crippen LogP contribution in [0.2, 0.25) is 0 Å². The lowest BCUT2D eigenvalue weighted by atomic mass is 9.95. The van der Waals surface area contributed by atoms with E-state index in [2.05, 4.69) is 10.6 Å². The highest BCUT2D eigenvalue weighted by atomic mass is 32.1. The molecular weight excluding hydrogens is 386 g/mol. The predicted octanol–water partition coefficient (Wildman–Crippen LogP) is 3.18. The van der Waals surface area contributed by atoms with Crippen molar-refractivity contribution in [3.63, 3.8) is 0 Å². The smallest absolute Gasteiger partial charge is 0.337 e. The van der Waals surface area contributed by atoms with Gasteiger partial charge in [0.15, 0.2) is 5.11 Å². The number of thiocarbonyl (C=S) groups is 1. The van der Waals surface area contributed by atoms with Crippen LogP contribution in [0.1, 0.15) is 24.1 Å². The van der Waals surface area contributed by atoms with Crippen molar-refractivity contribution >= 4 is 34.9 Å². The van der Waals surface area contributed by atoms with Crippen molar-refractivity contribution < 1.29 is 14.3 Å². The summed E-state index contributed by atoms with van der Waals surface area (Å²) in [5.41, 5.74) is 3.60. The lowest BCUT2D eigenvalue weighted by Crippen LogP contribution is -2.46. The second-order valence-electron chi connectivity index (χ2n) is 6.77. The van der Waals surface area contributed by atoms with E-state index >= 15 is 0 Å². The number of esters is 1. The van der Waals surface area contributed by atoms with Crippen molar-refractivity contribution in [2.75, 3.05) is 19.5 Å². The molecule has 1 aliphatic heterocycles. The summed E-state index contributed by atoms with van der Waals surface area (Å²) in [4.78, 5) is 26.6. The third-order valence-electron chi connectivity index (χ3n) is 4.87. The molecule has 1 aliphatic rings. The van der Waals surface area contributed by atoms with E-state index in [4.69, 9.17) is 17.0 Å². The standard InChI is InChI=1S/C22H23N3O3S/c1-14-19(21(27)28-3)20(24-22(29)25(14)2)16-10-7-11-17(13-16)23-18(26)12-15-8-5-4-6-9-15/h4-11,13,20H,12H2,1-3H3,(H,23,26)(H,24,29)/t20-/m0/s1. The molecule has 150 valence electrons. The number of rotatable bonds is 5. The maximum absolute atomic E-state index is 12.4. The van der Waals surface area contributed by atoms with Crippen molar-refractivity contribution in [2.24, 2.45) is 0 Å². The highest BCUT2D eigenvalue weighted by Crippen LogP contribution is 2.31. The Bertz CT molecular complexity index is 972. The number of benzene rings is 2. The number of hydrogen-bond donors (Lipinski definition) is 2. The number of hydrogen-bond acceptors (Lipinski definition) is 4. The largest absolute Gasteiger partial charge is 0.466 e. The second-order valence-corrected chi connectivity index (χ2v) is 7.15. The number of nitrogens with zero attached hydrogens (tertiary/aromatic N) is 1. The van der Waals surface area contributed by atoms with E-state index in [-0.39, 0.29) is 12.3 Å². The van der Waals surface area contributed by atoms with E-state index in [1.54, 1.807) is 11.9 Å². The maximum Gasteiger partial charge on any atom is 0.337 e. The molecule has 0 spiro atoms. The third-order valence-corrected chi connectivity index (χ3v) is 5.26. The summed E-state index contributed by atoms with van der Waals surface area (Å²) in [6, 6.07) is 16.5. The molecule has 0 saturated carbocycles. The highest BCUT2D eigenvalue weighted by molar-refractivity contribution is 7.80. The Hall–Kier alpha value is -3.19. The van der Waals surface area contributed by atoms with Gasteiger partial charge in [-0.15, -0.1) is 0 Å². The van der Waals surface area contributed by atoms with E-state index in [9.17, 15) is 9.59 Å². The van der Waals surface area contributed by atoms with Crippen molar-refractivity contribution in [1.29, 1.82) is 0 Å².